The summed E-state index contributed by atoms with van der Waals surface area (Å²) >= 11 is 0. The number of nitrogens with one attached hydrogen (secondary N) is 1. The summed E-state index contributed by atoms with van der Waals surface area (Å²) < 4.78 is 2.21. The Balaban J connectivity index is 1.97. The van der Waals surface area contributed by atoms with E-state index in [1.807, 2.05) is 6.20 Å². The second-order valence-corrected chi connectivity index (χ2v) is 5.07. The van der Waals surface area contributed by atoms with Gasteiger partial charge in [-0.25, -0.2) is 4.98 Å². The quantitative estimate of drug-likeness (QED) is 0.804. The Bertz CT molecular complexity index is 312. The molecule has 0 aromatic carbocycles. The number of nitrogens with zero attached hydrogens (tertiary/aromatic N) is 2. The fraction of sp³-hybridized carbons (Fsp3) is 0.750. The van der Waals surface area contributed by atoms with Gasteiger partial charge < -0.3 is 9.88 Å². The largest absolute Gasteiger partial charge is 0.353 e. The van der Waals surface area contributed by atoms with E-state index in [1.165, 1.54) is 12.8 Å². The molecule has 15 heavy (non-hydrogen) atoms. The van der Waals surface area contributed by atoms with Crippen molar-refractivity contribution < 1.29 is 0 Å². The molecule has 1 aliphatic rings. The van der Waals surface area contributed by atoms with E-state index >= 15 is 0 Å². The van der Waals surface area contributed by atoms with E-state index in [2.05, 4.69) is 41.8 Å². The van der Waals surface area contributed by atoms with E-state index in [0.29, 0.717) is 12.0 Å². The van der Waals surface area contributed by atoms with Crippen LogP contribution in [-0.2, 0) is 6.54 Å². The van der Waals surface area contributed by atoms with Gasteiger partial charge in [0.1, 0.15) is 0 Å². The van der Waals surface area contributed by atoms with Gasteiger partial charge in [-0.2, -0.15) is 0 Å². The van der Waals surface area contributed by atoms with Crippen LogP contribution in [0.15, 0.2) is 12.4 Å². The fourth-order valence-electron chi connectivity index (χ4n) is 1.91. The molecule has 3 heteroatoms. The van der Waals surface area contributed by atoms with Gasteiger partial charge in [0.15, 0.2) is 0 Å². The molecule has 1 unspecified atom stereocenters. The highest BCUT2D eigenvalue weighted by Crippen LogP contribution is 2.33. The molecule has 1 fully saturated rings. The minimum Gasteiger partial charge on any atom is -0.353 e. The second-order valence-electron chi connectivity index (χ2n) is 5.07. The van der Waals surface area contributed by atoms with Gasteiger partial charge in [-0.05, 0) is 31.6 Å². The molecule has 1 aromatic rings. The smallest absolute Gasteiger partial charge is 0.202 e. The van der Waals surface area contributed by atoms with Gasteiger partial charge in [0.05, 0.1) is 0 Å². The van der Waals surface area contributed by atoms with Crippen LogP contribution in [0, 0.1) is 11.8 Å². The molecule has 0 amide bonds. The predicted molar refractivity (Wildman–Crippen MR) is 62.9 cm³/mol. The van der Waals surface area contributed by atoms with Crippen LogP contribution in [0.1, 0.15) is 33.6 Å². The maximum Gasteiger partial charge on any atom is 0.202 e. The van der Waals surface area contributed by atoms with Crippen LogP contribution >= 0.6 is 0 Å². The summed E-state index contributed by atoms with van der Waals surface area (Å²) in [5.74, 6) is 2.56. The monoisotopic (exact) mass is 207 g/mol. The maximum absolute atomic E-state index is 4.37. The van der Waals surface area contributed by atoms with Gasteiger partial charge >= 0.3 is 0 Å². The van der Waals surface area contributed by atoms with Crippen molar-refractivity contribution in [3.8, 4) is 0 Å². The first-order chi connectivity index (χ1) is 7.16. The molecule has 3 nitrogen and oxygen atoms in total. The lowest BCUT2D eigenvalue weighted by atomic mass is 10.2. The molecule has 1 atom stereocenters. The zero-order valence-corrected chi connectivity index (χ0v) is 9.90. The molecule has 0 spiro atoms. The highest BCUT2D eigenvalue weighted by Gasteiger charge is 2.28. The maximum atomic E-state index is 4.37. The van der Waals surface area contributed by atoms with Crippen LogP contribution in [0.25, 0.3) is 0 Å². The Hall–Kier alpha value is -0.990. The highest BCUT2D eigenvalue weighted by atomic mass is 15.2. The Morgan fingerprint density at radius 1 is 1.47 bits per heavy atom. The molecule has 1 N–H and O–H groups in total. The van der Waals surface area contributed by atoms with Gasteiger partial charge in [0.2, 0.25) is 5.95 Å². The zero-order chi connectivity index (χ0) is 10.8. The van der Waals surface area contributed by atoms with Crippen LogP contribution in [0.5, 0.6) is 0 Å². The average molecular weight is 207 g/mol. The van der Waals surface area contributed by atoms with Crippen molar-refractivity contribution >= 4 is 5.95 Å². The van der Waals surface area contributed by atoms with Crippen molar-refractivity contribution in [3.63, 3.8) is 0 Å². The molecule has 2 rings (SSSR count). The van der Waals surface area contributed by atoms with E-state index in [-0.39, 0.29) is 0 Å². The summed E-state index contributed by atoms with van der Waals surface area (Å²) in [6.45, 7) is 7.76. The summed E-state index contributed by atoms with van der Waals surface area (Å²) in [6.07, 6.45) is 6.68. The Labute approximate surface area is 91.9 Å². The molecule has 0 radical (unpaired) electrons. The number of imidazole rings is 1. The van der Waals surface area contributed by atoms with Crippen molar-refractivity contribution in [3.05, 3.63) is 12.4 Å². The predicted octanol–water partition coefficient (Wildman–Crippen LogP) is 2.75. The Morgan fingerprint density at radius 2 is 2.20 bits per heavy atom. The van der Waals surface area contributed by atoms with Gasteiger partial charge in [-0.1, -0.05) is 13.8 Å². The molecular formula is C12H21N3. The van der Waals surface area contributed by atoms with E-state index in [4.69, 9.17) is 0 Å². The van der Waals surface area contributed by atoms with Crippen molar-refractivity contribution in [2.24, 2.45) is 11.8 Å². The molecule has 84 valence electrons. The molecule has 0 saturated heterocycles. The molecule has 0 bridgehead atoms. The first-order valence-corrected chi connectivity index (χ1v) is 5.94. The Kier molecular flexibility index (Phi) is 2.98. The SMILES string of the molecule is CC(C)Cn1ccnc1NC(C)C1CC1. The Morgan fingerprint density at radius 3 is 2.80 bits per heavy atom. The third kappa shape index (κ3) is 2.74. The minimum absolute atomic E-state index is 0.568. The third-order valence-electron chi connectivity index (χ3n) is 2.96. The minimum atomic E-state index is 0.568. The van der Waals surface area contributed by atoms with E-state index in [1.54, 1.807) is 0 Å². The van der Waals surface area contributed by atoms with Gasteiger partial charge in [-0.15, -0.1) is 0 Å². The van der Waals surface area contributed by atoms with Crippen molar-refractivity contribution in [2.75, 3.05) is 5.32 Å². The molecular weight excluding hydrogens is 186 g/mol. The van der Waals surface area contributed by atoms with Crippen molar-refractivity contribution in [2.45, 2.75) is 46.2 Å². The lowest BCUT2D eigenvalue weighted by Crippen LogP contribution is -2.21. The zero-order valence-electron chi connectivity index (χ0n) is 9.90. The van der Waals surface area contributed by atoms with E-state index in [9.17, 15) is 0 Å². The molecule has 1 aromatic heterocycles. The van der Waals surface area contributed by atoms with E-state index < -0.39 is 0 Å². The number of anilines is 1. The highest BCUT2D eigenvalue weighted by molar-refractivity contribution is 5.28. The van der Waals surface area contributed by atoms with Crippen LogP contribution in [-0.4, -0.2) is 15.6 Å². The topological polar surface area (TPSA) is 29.9 Å². The van der Waals surface area contributed by atoms with Gasteiger partial charge in [0, 0.05) is 25.0 Å². The van der Waals surface area contributed by atoms with Crippen molar-refractivity contribution in [1.29, 1.82) is 0 Å². The van der Waals surface area contributed by atoms with Crippen LogP contribution in [0.2, 0.25) is 0 Å². The van der Waals surface area contributed by atoms with Gasteiger partial charge in [0.25, 0.3) is 0 Å². The summed E-state index contributed by atoms with van der Waals surface area (Å²) in [5.41, 5.74) is 0. The molecule has 1 aliphatic carbocycles. The summed E-state index contributed by atoms with van der Waals surface area (Å²) in [6, 6.07) is 0.568. The van der Waals surface area contributed by atoms with Crippen LogP contribution in [0.4, 0.5) is 5.95 Å². The van der Waals surface area contributed by atoms with E-state index in [0.717, 1.165) is 18.4 Å². The number of hydrogen-bond acceptors (Lipinski definition) is 2. The summed E-state index contributed by atoms with van der Waals surface area (Å²) in [5, 5.41) is 3.51. The fourth-order valence-corrected chi connectivity index (χ4v) is 1.91. The van der Waals surface area contributed by atoms with Crippen molar-refractivity contribution in [1.82, 2.24) is 9.55 Å². The molecule has 1 saturated carbocycles. The van der Waals surface area contributed by atoms with Gasteiger partial charge in [-0.3, -0.25) is 0 Å². The summed E-state index contributed by atoms with van der Waals surface area (Å²) in [7, 11) is 0. The van der Waals surface area contributed by atoms with Crippen LogP contribution < -0.4 is 5.32 Å². The number of rotatable bonds is 5. The standard InChI is InChI=1S/C12H21N3/c1-9(2)8-15-7-6-13-12(15)14-10(3)11-4-5-11/h6-7,9-11H,4-5,8H2,1-3H3,(H,13,14). The molecule has 1 heterocycles. The lowest BCUT2D eigenvalue weighted by molar-refractivity contribution is 0.522. The normalized spacial score (nSPS) is 18.1. The third-order valence-corrected chi connectivity index (χ3v) is 2.96. The lowest BCUT2D eigenvalue weighted by Gasteiger charge is -2.16. The second kappa shape index (κ2) is 4.25. The first kappa shape index (κ1) is 10.5. The van der Waals surface area contributed by atoms with Crippen LogP contribution in [0.3, 0.4) is 0 Å². The molecule has 0 aliphatic heterocycles. The number of aromatic nitrogens is 2. The summed E-state index contributed by atoms with van der Waals surface area (Å²) in [4.78, 5) is 4.37. The number of hydrogen-bond donors (Lipinski definition) is 1. The average Bonchev–Trinajstić information content (AvgIpc) is 2.92. The first-order valence-electron chi connectivity index (χ1n) is 5.94.